The molecule has 0 bridgehead atoms. The molecule has 2 heteroatoms. The second-order valence-electron chi connectivity index (χ2n) is 5.10. The number of fused-ring (bicyclic) bond motifs is 1. The van der Waals surface area contributed by atoms with Crippen LogP contribution in [0.1, 0.15) is 55.7 Å². The van der Waals surface area contributed by atoms with E-state index in [2.05, 4.69) is 26.5 Å². The lowest BCUT2D eigenvalue weighted by molar-refractivity contribution is 0.375. The van der Waals surface area contributed by atoms with Crippen LogP contribution in [0.25, 0.3) is 6.08 Å². The zero-order chi connectivity index (χ0) is 12.4. The van der Waals surface area contributed by atoms with E-state index in [0.29, 0.717) is 11.8 Å². The molecule has 1 aromatic carbocycles. The van der Waals surface area contributed by atoms with Gasteiger partial charge >= 0.3 is 0 Å². The second-order valence-corrected chi connectivity index (χ2v) is 5.10. The van der Waals surface area contributed by atoms with Gasteiger partial charge in [0.05, 0.1) is 0 Å². The number of rotatable bonds is 3. The van der Waals surface area contributed by atoms with E-state index in [9.17, 15) is 4.39 Å². The quantitative estimate of drug-likeness (QED) is 0.795. The van der Waals surface area contributed by atoms with Gasteiger partial charge in [0.2, 0.25) is 0 Å². The molecule has 0 aromatic heterocycles. The van der Waals surface area contributed by atoms with Gasteiger partial charge in [0.1, 0.15) is 5.82 Å². The van der Waals surface area contributed by atoms with Crippen molar-refractivity contribution in [2.75, 3.05) is 0 Å². The van der Waals surface area contributed by atoms with Crippen molar-refractivity contribution in [2.45, 2.75) is 45.4 Å². The highest BCUT2D eigenvalue weighted by Crippen LogP contribution is 2.40. The maximum absolute atomic E-state index is 14.1. The molecular weight excluding hydrogens is 225 g/mol. The lowest BCUT2D eigenvalue weighted by Crippen LogP contribution is -2.19. The van der Waals surface area contributed by atoms with Crippen LogP contribution in [0.3, 0.4) is 0 Å². The SMILES string of the molecule is C=Cc1cc(F)c2c(c1)CC(CC)C[C@H]2CC.N. The first-order valence-corrected chi connectivity index (χ1v) is 6.64. The highest BCUT2D eigenvalue weighted by atomic mass is 19.1. The van der Waals surface area contributed by atoms with Gasteiger partial charge in [-0.05, 0) is 53.9 Å². The highest BCUT2D eigenvalue weighted by molar-refractivity contribution is 5.51. The number of benzene rings is 1. The minimum Gasteiger partial charge on any atom is -0.344 e. The van der Waals surface area contributed by atoms with E-state index in [1.165, 1.54) is 12.0 Å². The van der Waals surface area contributed by atoms with Crippen LogP contribution in [0.15, 0.2) is 18.7 Å². The van der Waals surface area contributed by atoms with Crippen LogP contribution in [-0.4, -0.2) is 0 Å². The first-order valence-electron chi connectivity index (χ1n) is 6.64. The van der Waals surface area contributed by atoms with Crippen molar-refractivity contribution in [1.82, 2.24) is 6.15 Å². The van der Waals surface area contributed by atoms with Crippen molar-refractivity contribution < 1.29 is 4.39 Å². The molecule has 100 valence electrons. The molecule has 0 spiro atoms. The van der Waals surface area contributed by atoms with Crippen LogP contribution >= 0.6 is 0 Å². The summed E-state index contributed by atoms with van der Waals surface area (Å²) in [5.41, 5.74) is 3.10. The van der Waals surface area contributed by atoms with Crippen molar-refractivity contribution in [3.8, 4) is 0 Å². The van der Waals surface area contributed by atoms with E-state index in [0.717, 1.165) is 30.4 Å². The molecule has 3 N–H and O–H groups in total. The molecule has 1 aliphatic rings. The van der Waals surface area contributed by atoms with Crippen molar-refractivity contribution in [3.63, 3.8) is 0 Å². The van der Waals surface area contributed by atoms with Crippen LogP contribution in [0.2, 0.25) is 0 Å². The van der Waals surface area contributed by atoms with Gasteiger partial charge < -0.3 is 6.15 Å². The maximum Gasteiger partial charge on any atom is 0.127 e. The van der Waals surface area contributed by atoms with Crippen LogP contribution < -0.4 is 6.15 Å². The summed E-state index contributed by atoms with van der Waals surface area (Å²) >= 11 is 0. The zero-order valence-electron chi connectivity index (χ0n) is 11.5. The zero-order valence-corrected chi connectivity index (χ0v) is 11.5. The Bertz CT molecular complexity index is 425. The predicted molar refractivity (Wildman–Crippen MR) is 76.6 cm³/mol. The monoisotopic (exact) mass is 249 g/mol. The molecular formula is C16H24FN. The molecule has 1 unspecified atom stereocenters. The highest BCUT2D eigenvalue weighted by Gasteiger charge is 2.27. The molecule has 1 aliphatic carbocycles. The van der Waals surface area contributed by atoms with E-state index < -0.39 is 0 Å². The molecule has 2 atom stereocenters. The van der Waals surface area contributed by atoms with Crippen molar-refractivity contribution in [3.05, 3.63) is 41.2 Å². The van der Waals surface area contributed by atoms with Gasteiger partial charge in [0.25, 0.3) is 0 Å². The summed E-state index contributed by atoms with van der Waals surface area (Å²) in [4.78, 5) is 0. The molecule has 1 nitrogen and oxygen atoms in total. The summed E-state index contributed by atoms with van der Waals surface area (Å²) in [6, 6.07) is 3.75. The van der Waals surface area contributed by atoms with E-state index >= 15 is 0 Å². The average molecular weight is 249 g/mol. The Balaban J connectivity index is 0.00000162. The summed E-state index contributed by atoms with van der Waals surface area (Å²) in [6.07, 6.45) is 6.13. The standard InChI is InChI=1S/C16H21F.H3N/c1-4-11-7-13(6-3)16-14(8-11)9-12(5-2)10-15(16)17;/h5,9-11,13H,2,4,6-8H2,1,3H3;1H3/t11?,13-;/m1./s1. The normalized spacial score (nSPS) is 21.9. The Labute approximate surface area is 110 Å². The minimum atomic E-state index is -0.0289. The van der Waals surface area contributed by atoms with E-state index in [1.54, 1.807) is 12.1 Å². The van der Waals surface area contributed by atoms with Gasteiger partial charge in [-0.2, -0.15) is 0 Å². The lowest BCUT2D eigenvalue weighted by atomic mass is 9.74. The van der Waals surface area contributed by atoms with Crippen molar-refractivity contribution in [1.29, 1.82) is 0 Å². The van der Waals surface area contributed by atoms with Crippen LogP contribution in [-0.2, 0) is 6.42 Å². The fourth-order valence-electron chi connectivity index (χ4n) is 3.04. The van der Waals surface area contributed by atoms with E-state index in [-0.39, 0.29) is 12.0 Å². The Kier molecular flexibility index (Phi) is 5.09. The molecule has 0 saturated carbocycles. The molecule has 0 fully saturated rings. The van der Waals surface area contributed by atoms with Gasteiger partial charge in [0.15, 0.2) is 0 Å². The Morgan fingerprint density at radius 2 is 2.06 bits per heavy atom. The number of hydrogen-bond acceptors (Lipinski definition) is 1. The van der Waals surface area contributed by atoms with Crippen LogP contribution in [0.5, 0.6) is 0 Å². The Hall–Kier alpha value is -1.15. The third kappa shape index (κ3) is 2.64. The molecule has 0 aliphatic heterocycles. The smallest absolute Gasteiger partial charge is 0.127 e. The average Bonchev–Trinajstić information content (AvgIpc) is 2.36. The summed E-state index contributed by atoms with van der Waals surface area (Å²) in [7, 11) is 0. The minimum absolute atomic E-state index is 0. The summed E-state index contributed by atoms with van der Waals surface area (Å²) < 4.78 is 14.1. The van der Waals surface area contributed by atoms with Gasteiger partial charge in [0, 0.05) is 0 Å². The number of halogens is 1. The fraction of sp³-hybridized carbons (Fsp3) is 0.500. The van der Waals surface area contributed by atoms with E-state index in [4.69, 9.17) is 0 Å². The molecule has 18 heavy (non-hydrogen) atoms. The van der Waals surface area contributed by atoms with Crippen LogP contribution in [0.4, 0.5) is 4.39 Å². The summed E-state index contributed by atoms with van der Waals surface area (Å²) in [5.74, 6) is 1.09. The van der Waals surface area contributed by atoms with Crippen molar-refractivity contribution in [2.24, 2.45) is 5.92 Å². The molecule has 0 radical (unpaired) electrons. The predicted octanol–water partition coefficient (Wildman–Crippen LogP) is 5.10. The lowest BCUT2D eigenvalue weighted by Gasteiger charge is -2.31. The molecule has 2 rings (SSSR count). The molecule has 0 amide bonds. The van der Waals surface area contributed by atoms with E-state index in [1.807, 2.05) is 0 Å². The van der Waals surface area contributed by atoms with Gasteiger partial charge in [-0.25, -0.2) is 4.39 Å². The summed E-state index contributed by atoms with van der Waals surface area (Å²) in [5, 5.41) is 0. The Morgan fingerprint density at radius 1 is 1.33 bits per heavy atom. The Morgan fingerprint density at radius 3 is 2.61 bits per heavy atom. The fourth-order valence-corrected chi connectivity index (χ4v) is 3.04. The van der Waals surface area contributed by atoms with Crippen molar-refractivity contribution >= 4 is 6.08 Å². The molecule has 0 heterocycles. The third-order valence-electron chi connectivity index (χ3n) is 4.08. The third-order valence-corrected chi connectivity index (χ3v) is 4.08. The molecule has 1 aromatic rings. The topological polar surface area (TPSA) is 35.0 Å². The van der Waals surface area contributed by atoms with Crippen LogP contribution in [0, 0.1) is 11.7 Å². The first kappa shape index (κ1) is 14.9. The van der Waals surface area contributed by atoms with Gasteiger partial charge in [-0.15, -0.1) is 0 Å². The summed E-state index contributed by atoms with van der Waals surface area (Å²) in [6.45, 7) is 8.12. The first-order chi connectivity index (χ1) is 8.19. The number of hydrogen-bond donors (Lipinski definition) is 1. The van der Waals surface area contributed by atoms with Gasteiger partial charge in [-0.1, -0.05) is 39.0 Å². The van der Waals surface area contributed by atoms with Gasteiger partial charge in [-0.3, -0.25) is 0 Å². The second kappa shape index (κ2) is 6.14. The molecule has 0 saturated heterocycles. The maximum atomic E-state index is 14.1. The largest absolute Gasteiger partial charge is 0.344 e.